The zero-order chi connectivity index (χ0) is 22.6. The van der Waals surface area contributed by atoms with Crippen LogP contribution in [0.5, 0.6) is 0 Å². The van der Waals surface area contributed by atoms with E-state index in [9.17, 15) is 0 Å². The Balaban J connectivity index is 1.30. The van der Waals surface area contributed by atoms with Gasteiger partial charge in [-0.05, 0) is 48.6 Å². The van der Waals surface area contributed by atoms with Crippen LogP contribution >= 0.6 is 11.6 Å². The number of nitrogens with zero attached hydrogens (tertiary/aromatic N) is 2. The molecule has 172 valence electrons. The molecule has 0 aromatic heterocycles. The zero-order valence-electron chi connectivity index (χ0n) is 19.7. The van der Waals surface area contributed by atoms with Crippen LogP contribution in [0.3, 0.4) is 0 Å². The molecule has 1 atom stereocenters. The van der Waals surface area contributed by atoms with Crippen molar-refractivity contribution in [3.63, 3.8) is 0 Å². The number of piperazine rings is 1. The van der Waals surface area contributed by atoms with Gasteiger partial charge in [-0.25, -0.2) is 0 Å². The smallest absolute Gasteiger partial charge is 0.0484 e. The lowest BCUT2D eigenvalue weighted by Gasteiger charge is -2.46. The average molecular weight is 459 g/mol. The fraction of sp³-hybridized carbons (Fsp3) is 0.400. The van der Waals surface area contributed by atoms with Gasteiger partial charge >= 0.3 is 0 Å². The Labute approximate surface area is 204 Å². The second-order valence-corrected chi connectivity index (χ2v) is 10.3. The minimum absolute atomic E-state index is 0.494. The first-order valence-corrected chi connectivity index (χ1v) is 12.9. The molecule has 0 bridgehead atoms. The highest BCUT2D eigenvalue weighted by atomic mass is 35.5. The molecular formula is C30H35ClN2. The molecule has 1 saturated carbocycles. The van der Waals surface area contributed by atoms with Crippen molar-refractivity contribution in [3.8, 4) is 11.1 Å². The molecule has 2 fully saturated rings. The molecule has 1 unspecified atom stereocenters. The summed E-state index contributed by atoms with van der Waals surface area (Å²) in [6, 6.07) is 27.7. The van der Waals surface area contributed by atoms with Gasteiger partial charge in [-0.3, -0.25) is 9.80 Å². The van der Waals surface area contributed by atoms with Crippen LogP contribution in [0.15, 0.2) is 72.8 Å². The number of benzene rings is 3. The summed E-state index contributed by atoms with van der Waals surface area (Å²) >= 11 is 6.47. The van der Waals surface area contributed by atoms with E-state index in [0.717, 1.165) is 36.3 Å². The van der Waals surface area contributed by atoms with Crippen LogP contribution in [-0.4, -0.2) is 35.5 Å². The van der Waals surface area contributed by atoms with Gasteiger partial charge in [0.1, 0.15) is 0 Å². The van der Waals surface area contributed by atoms with Crippen molar-refractivity contribution in [1.82, 2.24) is 9.80 Å². The third-order valence-electron chi connectivity index (χ3n) is 7.53. The van der Waals surface area contributed by atoms with Crippen LogP contribution in [0.4, 0.5) is 0 Å². The Morgan fingerprint density at radius 3 is 2.36 bits per heavy atom. The molecule has 1 heterocycles. The highest BCUT2D eigenvalue weighted by molar-refractivity contribution is 6.33. The maximum absolute atomic E-state index is 6.47. The van der Waals surface area contributed by atoms with E-state index in [1.165, 1.54) is 60.9 Å². The van der Waals surface area contributed by atoms with E-state index in [1.807, 2.05) is 6.07 Å². The van der Waals surface area contributed by atoms with Gasteiger partial charge in [-0.2, -0.15) is 0 Å². The minimum atomic E-state index is 0.494. The summed E-state index contributed by atoms with van der Waals surface area (Å²) in [6.07, 6.45) is 6.93. The van der Waals surface area contributed by atoms with Crippen molar-refractivity contribution in [2.24, 2.45) is 0 Å². The lowest BCUT2D eigenvalue weighted by molar-refractivity contribution is 0.0231. The van der Waals surface area contributed by atoms with E-state index in [4.69, 9.17) is 11.6 Å². The summed E-state index contributed by atoms with van der Waals surface area (Å²) < 4.78 is 0. The van der Waals surface area contributed by atoms with E-state index < -0.39 is 0 Å². The van der Waals surface area contributed by atoms with E-state index in [0.29, 0.717) is 6.04 Å². The Morgan fingerprint density at radius 2 is 1.61 bits per heavy atom. The first-order valence-electron chi connectivity index (χ1n) is 12.6. The molecule has 0 radical (unpaired) electrons. The topological polar surface area (TPSA) is 6.48 Å². The van der Waals surface area contributed by atoms with Gasteiger partial charge in [0, 0.05) is 48.8 Å². The molecule has 0 amide bonds. The molecule has 1 aliphatic heterocycles. The molecule has 2 nitrogen and oxygen atoms in total. The Kier molecular flexibility index (Phi) is 7.16. The van der Waals surface area contributed by atoms with Crippen molar-refractivity contribution in [2.45, 2.75) is 57.7 Å². The molecule has 33 heavy (non-hydrogen) atoms. The fourth-order valence-corrected chi connectivity index (χ4v) is 5.95. The highest BCUT2D eigenvalue weighted by Crippen LogP contribution is 2.34. The van der Waals surface area contributed by atoms with Crippen molar-refractivity contribution >= 4 is 11.6 Å². The SMILES string of the molecule is Cc1ccc(Cl)c(-c2ccc(CN3CCN(C4CCCCC4)C(c4ccccc4)C3)cc2)c1. The molecule has 2 aliphatic rings. The second kappa shape index (κ2) is 10.4. The van der Waals surface area contributed by atoms with Gasteiger partial charge in [-0.15, -0.1) is 0 Å². The van der Waals surface area contributed by atoms with E-state index in [-0.39, 0.29) is 0 Å². The van der Waals surface area contributed by atoms with Gasteiger partial charge < -0.3 is 0 Å². The van der Waals surface area contributed by atoms with Crippen molar-refractivity contribution in [3.05, 3.63) is 94.5 Å². The lowest BCUT2D eigenvalue weighted by Crippen LogP contribution is -2.52. The molecule has 0 N–H and O–H groups in total. The maximum atomic E-state index is 6.47. The molecular weight excluding hydrogens is 424 g/mol. The Morgan fingerprint density at radius 1 is 0.848 bits per heavy atom. The van der Waals surface area contributed by atoms with Crippen LogP contribution in [0, 0.1) is 6.92 Å². The summed E-state index contributed by atoms with van der Waals surface area (Å²) in [6.45, 7) is 6.53. The molecule has 3 heteroatoms. The zero-order valence-corrected chi connectivity index (χ0v) is 20.5. The first-order chi connectivity index (χ1) is 16.2. The number of hydrogen-bond donors (Lipinski definition) is 0. The predicted octanol–water partition coefficient (Wildman–Crippen LogP) is 7.51. The minimum Gasteiger partial charge on any atom is -0.296 e. The van der Waals surface area contributed by atoms with Crippen LogP contribution in [0.2, 0.25) is 5.02 Å². The predicted molar refractivity (Wildman–Crippen MR) is 140 cm³/mol. The molecule has 1 aliphatic carbocycles. The molecule has 3 aromatic rings. The standard InChI is InChI=1S/C30H35ClN2/c1-23-12-17-29(31)28(20-23)25-15-13-24(14-16-25)21-32-18-19-33(27-10-6-3-7-11-27)30(22-32)26-8-4-2-5-9-26/h2,4-5,8-9,12-17,20,27,30H,3,6-7,10-11,18-19,21-22H2,1H3. The van der Waals surface area contributed by atoms with Gasteiger partial charge in [0.05, 0.1) is 0 Å². The van der Waals surface area contributed by atoms with E-state index in [2.05, 4.69) is 83.5 Å². The normalized spacial score (nSPS) is 20.7. The number of rotatable bonds is 5. The summed E-state index contributed by atoms with van der Waals surface area (Å²) in [5.41, 5.74) is 6.39. The third kappa shape index (κ3) is 5.35. The summed E-state index contributed by atoms with van der Waals surface area (Å²) in [5.74, 6) is 0. The van der Waals surface area contributed by atoms with Crippen LogP contribution in [-0.2, 0) is 6.54 Å². The van der Waals surface area contributed by atoms with Crippen LogP contribution in [0.25, 0.3) is 11.1 Å². The number of halogens is 1. The van der Waals surface area contributed by atoms with Crippen LogP contribution < -0.4 is 0 Å². The monoisotopic (exact) mass is 458 g/mol. The van der Waals surface area contributed by atoms with E-state index in [1.54, 1.807) is 0 Å². The van der Waals surface area contributed by atoms with Gasteiger partial charge in [0.25, 0.3) is 0 Å². The molecule has 5 rings (SSSR count). The number of hydrogen-bond acceptors (Lipinski definition) is 2. The summed E-state index contributed by atoms with van der Waals surface area (Å²) in [4.78, 5) is 5.47. The highest BCUT2D eigenvalue weighted by Gasteiger charge is 2.33. The average Bonchev–Trinajstić information content (AvgIpc) is 2.87. The van der Waals surface area contributed by atoms with Crippen LogP contribution in [0.1, 0.15) is 54.8 Å². The van der Waals surface area contributed by atoms with E-state index >= 15 is 0 Å². The summed E-state index contributed by atoms with van der Waals surface area (Å²) in [7, 11) is 0. The summed E-state index contributed by atoms with van der Waals surface area (Å²) in [5, 5.41) is 0.817. The largest absolute Gasteiger partial charge is 0.296 e. The number of aryl methyl sites for hydroxylation is 1. The Bertz CT molecular complexity index is 1040. The van der Waals surface area contributed by atoms with Gasteiger partial charge in [0.2, 0.25) is 0 Å². The van der Waals surface area contributed by atoms with Gasteiger partial charge in [-0.1, -0.05) is 97.1 Å². The van der Waals surface area contributed by atoms with Gasteiger partial charge in [0.15, 0.2) is 0 Å². The Hall–Kier alpha value is -2.13. The first kappa shape index (κ1) is 22.7. The quantitative estimate of drug-likeness (QED) is 0.390. The van der Waals surface area contributed by atoms with Crippen molar-refractivity contribution < 1.29 is 0 Å². The lowest BCUT2D eigenvalue weighted by atomic mass is 9.90. The molecule has 3 aromatic carbocycles. The van der Waals surface area contributed by atoms with Crippen molar-refractivity contribution in [1.29, 1.82) is 0 Å². The molecule has 1 saturated heterocycles. The third-order valence-corrected chi connectivity index (χ3v) is 7.86. The maximum Gasteiger partial charge on any atom is 0.0484 e. The molecule has 0 spiro atoms. The second-order valence-electron chi connectivity index (χ2n) is 9.87. The van der Waals surface area contributed by atoms with Crippen molar-refractivity contribution in [2.75, 3.05) is 19.6 Å². The fourth-order valence-electron chi connectivity index (χ4n) is 5.73.